The van der Waals surface area contributed by atoms with Crippen molar-refractivity contribution in [2.75, 3.05) is 23.8 Å². The predicted octanol–water partition coefficient (Wildman–Crippen LogP) is 1.68. The third kappa shape index (κ3) is 9.40. The summed E-state index contributed by atoms with van der Waals surface area (Å²) in [7, 11) is 0. The lowest BCUT2D eigenvalue weighted by Gasteiger charge is -2.24. The van der Waals surface area contributed by atoms with Gasteiger partial charge in [0.2, 0.25) is 5.91 Å². The van der Waals surface area contributed by atoms with Crippen molar-refractivity contribution in [3.05, 3.63) is 20.8 Å². The molecule has 2 amide bonds. The smallest absolute Gasteiger partial charge is 0.330 e. The molecule has 0 aliphatic rings. The standard InChI is InChI=1S/C23H39N5O6/c1-6-8-10-14-27(19-20(24)28(13-9-7-2)22(33)25-21(19)32)17(30)11-12-18(31)34-15-16(29)26-23(3,4)5/h6-15,24H2,1-5H3,(H,26,29)(H,25,32,33). The molecule has 0 saturated carbocycles. The SMILES string of the molecule is CCCCCN(C(=O)CCC(=O)OCC(=O)NC(C)(C)C)c1c(N)n(CCCC)c(=O)[nH]c1=O. The number of anilines is 2. The second-order valence-corrected chi connectivity index (χ2v) is 9.21. The summed E-state index contributed by atoms with van der Waals surface area (Å²) in [5.41, 5.74) is 4.25. The summed E-state index contributed by atoms with van der Waals surface area (Å²) in [6.07, 6.45) is 3.32. The van der Waals surface area contributed by atoms with Crippen LogP contribution in [0.4, 0.5) is 11.5 Å². The van der Waals surface area contributed by atoms with Gasteiger partial charge in [-0.25, -0.2) is 4.79 Å². The van der Waals surface area contributed by atoms with Crippen LogP contribution in [0.5, 0.6) is 0 Å². The molecule has 0 unspecified atom stereocenters. The monoisotopic (exact) mass is 481 g/mol. The number of carbonyl (C=O) groups is 3. The first-order valence-corrected chi connectivity index (χ1v) is 11.8. The van der Waals surface area contributed by atoms with E-state index in [1.54, 1.807) is 20.8 Å². The minimum atomic E-state index is -0.749. The number of esters is 1. The number of H-pyrrole nitrogens is 1. The van der Waals surface area contributed by atoms with Gasteiger partial charge < -0.3 is 20.7 Å². The number of aromatic amines is 1. The fraction of sp³-hybridized carbons (Fsp3) is 0.696. The van der Waals surface area contributed by atoms with Crippen LogP contribution in [0.1, 0.15) is 79.6 Å². The zero-order valence-electron chi connectivity index (χ0n) is 21.0. The molecule has 0 radical (unpaired) electrons. The number of carbonyl (C=O) groups excluding carboxylic acids is 3. The van der Waals surface area contributed by atoms with Crippen molar-refractivity contribution in [1.29, 1.82) is 0 Å². The predicted molar refractivity (Wildman–Crippen MR) is 131 cm³/mol. The first kappa shape index (κ1) is 28.9. The topological polar surface area (TPSA) is 157 Å². The molecule has 0 aliphatic heterocycles. The average Bonchev–Trinajstić information content (AvgIpc) is 2.73. The Bertz CT molecular complexity index is 960. The van der Waals surface area contributed by atoms with Crippen LogP contribution in [-0.4, -0.2) is 46.0 Å². The molecular weight excluding hydrogens is 442 g/mol. The van der Waals surface area contributed by atoms with Crippen LogP contribution in [0.2, 0.25) is 0 Å². The Labute approximate surface area is 200 Å². The highest BCUT2D eigenvalue weighted by atomic mass is 16.5. The molecule has 11 nitrogen and oxygen atoms in total. The largest absolute Gasteiger partial charge is 0.456 e. The molecule has 1 heterocycles. The number of nitrogen functional groups attached to an aromatic ring is 1. The minimum Gasteiger partial charge on any atom is -0.456 e. The molecule has 192 valence electrons. The maximum atomic E-state index is 13.0. The maximum absolute atomic E-state index is 13.0. The van der Waals surface area contributed by atoms with Gasteiger partial charge >= 0.3 is 11.7 Å². The number of aromatic nitrogens is 2. The number of hydrogen-bond donors (Lipinski definition) is 3. The number of hydrogen-bond acceptors (Lipinski definition) is 7. The molecule has 0 spiro atoms. The van der Waals surface area contributed by atoms with Gasteiger partial charge in [-0.3, -0.25) is 28.7 Å². The van der Waals surface area contributed by atoms with Gasteiger partial charge in [0.05, 0.1) is 6.42 Å². The maximum Gasteiger partial charge on any atom is 0.330 e. The van der Waals surface area contributed by atoms with Gasteiger partial charge in [0, 0.05) is 25.0 Å². The van der Waals surface area contributed by atoms with Gasteiger partial charge in [0.1, 0.15) is 5.82 Å². The molecule has 0 bridgehead atoms. The third-order valence-electron chi connectivity index (χ3n) is 4.93. The van der Waals surface area contributed by atoms with E-state index in [1.807, 2.05) is 13.8 Å². The molecule has 0 saturated heterocycles. The Hall–Kier alpha value is -3.11. The van der Waals surface area contributed by atoms with Crippen molar-refractivity contribution in [3.8, 4) is 0 Å². The molecular formula is C23H39N5O6. The summed E-state index contributed by atoms with van der Waals surface area (Å²) >= 11 is 0. The molecule has 34 heavy (non-hydrogen) atoms. The summed E-state index contributed by atoms with van der Waals surface area (Å²) in [4.78, 5) is 65.2. The first-order chi connectivity index (χ1) is 15.9. The summed E-state index contributed by atoms with van der Waals surface area (Å²) < 4.78 is 6.20. The third-order valence-corrected chi connectivity index (χ3v) is 4.93. The Morgan fingerprint density at radius 3 is 2.29 bits per heavy atom. The molecule has 0 aromatic carbocycles. The number of ether oxygens (including phenoxy) is 1. The molecule has 1 aromatic rings. The Morgan fingerprint density at radius 1 is 1.06 bits per heavy atom. The van der Waals surface area contributed by atoms with Crippen LogP contribution >= 0.6 is 0 Å². The molecule has 11 heteroatoms. The van der Waals surface area contributed by atoms with Gasteiger partial charge in [-0.05, 0) is 33.6 Å². The van der Waals surface area contributed by atoms with E-state index in [-0.39, 0.29) is 30.9 Å². The van der Waals surface area contributed by atoms with Crippen molar-refractivity contribution in [2.45, 2.75) is 91.6 Å². The first-order valence-electron chi connectivity index (χ1n) is 11.8. The van der Waals surface area contributed by atoms with Gasteiger partial charge in [-0.2, -0.15) is 0 Å². The number of amides is 2. The van der Waals surface area contributed by atoms with Crippen LogP contribution in [0, 0.1) is 0 Å². The quantitative estimate of drug-likeness (QED) is 0.286. The zero-order chi connectivity index (χ0) is 25.9. The fourth-order valence-corrected chi connectivity index (χ4v) is 3.27. The highest BCUT2D eigenvalue weighted by molar-refractivity contribution is 5.97. The van der Waals surface area contributed by atoms with E-state index in [0.717, 1.165) is 19.3 Å². The van der Waals surface area contributed by atoms with Crippen LogP contribution < -0.4 is 27.2 Å². The lowest BCUT2D eigenvalue weighted by molar-refractivity contribution is -0.149. The Morgan fingerprint density at radius 2 is 1.71 bits per heavy atom. The molecule has 0 aliphatic carbocycles. The van der Waals surface area contributed by atoms with Crippen molar-refractivity contribution < 1.29 is 19.1 Å². The lowest BCUT2D eigenvalue weighted by Crippen LogP contribution is -2.43. The Kier molecular flexibility index (Phi) is 11.5. The van der Waals surface area contributed by atoms with E-state index in [2.05, 4.69) is 10.3 Å². The van der Waals surface area contributed by atoms with Crippen molar-refractivity contribution in [2.24, 2.45) is 0 Å². The summed E-state index contributed by atoms with van der Waals surface area (Å²) in [5.74, 6) is -1.72. The van der Waals surface area contributed by atoms with Gasteiger partial charge in [0.25, 0.3) is 11.5 Å². The van der Waals surface area contributed by atoms with Crippen LogP contribution in [-0.2, 0) is 25.7 Å². The van der Waals surface area contributed by atoms with Crippen molar-refractivity contribution in [1.82, 2.24) is 14.9 Å². The lowest BCUT2D eigenvalue weighted by atomic mass is 10.1. The molecule has 0 atom stereocenters. The number of nitrogens with one attached hydrogen (secondary N) is 2. The fourth-order valence-electron chi connectivity index (χ4n) is 3.27. The zero-order valence-corrected chi connectivity index (χ0v) is 21.0. The number of nitrogens with two attached hydrogens (primary N) is 1. The van der Waals surface area contributed by atoms with E-state index in [0.29, 0.717) is 19.4 Å². The molecule has 0 fully saturated rings. The van der Waals surface area contributed by atoms with Crippen LogP contribution in [0.25, 0.3) is 0 Å². The Balaban J connectivity index is 2.99. The second-order valence-electron chi connectivity index (χ2n) is 9.21. The van der Waals surface area contributed by atoms with E-state index in [1.165, 1.54) is 9.47 Å². The normalized spacial score (nSPS) is 11.2. The van der Waals surface area contributed by atoms with Crippen LogP contribution in [0.3, 0.4) is 0 Å². The molecule has 1 rings (SSSR count). The highest BCUT2D eigenvalue weighted by Crippen LogP contribution is 2.19. The van der Waals surface area contributed by atoms with Crippen molar-refractivity contribution >= 4 is 29.3 Å². The number of unbranched alkanes of at least 4 members (excludes halogenated alkanes) is 3. The summed E-state index contributed by atoms with van der Waals surface area (Å²) in [6.45, 7) is 9.45. The highest BCUT2D eigenvalue weighted by Gasteiger charge is 2.25. The second kappa shape index (κ2) is 13.6. The van der Waals surface area contributed by atoms with Crippen LogP contribution in [0.15, 0.2) is 9.59 Å². The molecule has 1 aromatic heterocycles. The van der Waals surface area contributed by atoms with E-state index >= 15 is 0 Å². The van der Waals surface area contributed by atoms with Gasteiger partial charge in [-0.1, -0.05) is 33.1 Å². The van der Waals surface area contributed by atoms with E-state index in [9.17, 15) is 24.0 Å². The average molecular weight is 482 g/mol. The summed E-state index contributed by atoms with van der Waals surface area (Å²) in [5, 5.41) is 2.67. The number of rotatable bonds is 13. The minimum absolute atomic E-state index is 0.0755. The van der Waals surface area contributed by atoms with Crippen molar-refractivity contribution in [3.63, 3.8) is 0 Å². The van der Waals surface area contributed by atoms with Gasteiger partial charge in [-0.15, -0.1) is 0 Å². The summed E-state index contributed by atoms with van der Waals surface area (Å²) in [6, 6.07) is 0. The van der Waals surface area contributed by atoms with E-state index in [4.69, 9.17) is 10.5 Å². The number of nitrogens with zero attached hydrogens (tertiary/aromatic N) is 2. The van der Waals surface area contributed by atoms with Gasteiger partial charge in [0.15, 0.2) is 12.3 Å². The molecule has 4 N–H and O–H groups in total. The van der Waals surface area contributed by atoms with E-state index < -0.39 is 41.2 Å².